The summed E-state index contributed by atoms with van der Waals surface area (Å²) in [4.78, 5) is 50.7. The van der Waals surface area contributed by atoms with Gasteiger partial charge < -0.3 is 24.1 Å². The van der Waals surface area contributed by atoms with Crippen LogP contribution in [0.2, 0.25) is 0 Å². The number of rotatable bonds is 13. The van der Waals surface area contributed by atoms with Crippen molar-refractivity contribution in [1.82, 2.24) is 5.32 Å². The summed E-state index contributed by atoms with van der Waals surface area (Å²) in [6.45, 7) is 20.2. The van der Waals surface area contributed by atoms with Crippen molar-refractivity contribution in [3.05, 3.63) is 23.8 Å². The molecular formula is C31H49NO9. The van der Waals surface area contributed by atoms with E-state index in [1.54, 1.807) is 20.8 Å². The molecule has 0 aliphatic rings. The Morgan fingerprint density at radius 2 is 1.34 bits per heavy atom. The second kappa shape index (κ2) is 14.2. The molecule has 0 aliphatic carbocycles. The van der Waals surface area contributed by atoms with Crippen molar-refractivity contribution in [2.75, 3.05) is 0 Å². The molecule has 0 saturated heterocycles. The molecule has 0 fully saturated rings. The first-order valence-electron chi connectivity index (χ1n) is 14.1. The lowest BCUT2D eigenvalue weighted by molar-refractivity contribution is -0.169. The fourth-order valence-electron chi connectivity index (χ4n) is 3.56. The van der Waals surface area contributed by atoms with E-state index in [-0.39, 0.29) is 47.6 Å². The van der Waals surface area contributed by atoms with Crippen LogP contribution in [0.5, 0.6) is 11.5 Å². The average molecular weight is 580 g/mol. The molecule has 0 saturated carbocycles. The van der Waals surface area contributed by atoms with Gasteiger partial charge in [-0.3, -0.25) is 14.9 Å². The first-order valence-corrected chi connectivity index (χ1v) is 14.1. The Bertz CT molecular complexity index is 1080. The summed E-state index contributed by atoms with van der Waals surface area (Å²) in [6.07, 6.45) is -0.238. The number of ether oxygens (including phenoxy) is 4. The average Bonchev–Trinajstić information content (AvgIpc) is 2.77. The van der Waals surface area contributed by atoms with Gasteiger partial charge in [0.2, 0.25) is 0 Å². The van der Waals surface area contributed by atoms with Crippen LogP contribution in [0.3, 0.4) is 0 Å². The maximum absolute atomic E-state index is 12.8. The van der Waals surface area contributed by atoms with Crippen molar-refractivity contribution in [3.8, 4) is 11.5 Å². The van der Waals surface area contributed by atoms with Crippen LogP contribution in [0.25, 0.3) is 0 Å². The summed E-state index contributed by atoms with van der Waals surface area (Å²) in [5.41, 5.74) is -3.42. The van der Waals surface area contributed by atoms with Crippen LogP contribution in [0, 0.1) is 10.8 Å². The van der Waals surface area contributed by atoms with Gasteiger partial charge in [0.25, 0.3) is 5.72 Å². The van der Waals surface area contributed by atoms with Gasteiger partial charge in [0.05, 0.1) is 12.8 Å². The minimum absolute atomic E-state index is 0.0195. The fourth-order valence-corrected chi connectivity index (χ4v) is 3.56. The second-order valence-electron chi connectivity index (χ2n) is 13.5. The van der Waals surface area contributed by atoms with E-state index in [1.165, 1.54) is 18.2 Å². The molecule has 1 aromatic rings. The molecule has 0 aromatic heterocycles. The van der Waals surface area contributed by atoms with Gasteiger partial charge in [-0.1, -0.05) is 61.5 Å². The molecule has 0 spiro atoms. The number of benzene rings is 1. The van der Waals surface area contributed by atoms with Crippen LogP contribution >= 0.6 is 0 Å². The Morgan fingerprint density at radius 3 is 1.78 bits per heavy atom. The van der Waals surface area contributed by atoms with Crippen molar-refractivity contribution >= 4 is 24.1 Å². The van der Waals surface area contributed by atoms with E-state index in [2.05, 4.69) is 5.32 Å². The van der Waals surface area contributed by atoms with Gasteiger partial charge in [-0.15, -0.1) is 0 Å². The van der Waals surface area contributed by atoms with Gasteiger partial charge in [0.1, 0.15) is 5.60 Å². The Morgan fingerprint density at radius 1 is 0.829 bits per heavy atom. The van der Waals surface area contributed by atoms with E-state index in [9.17, 15) is 24.3 Å². The number of carbonyl (C=O) groups excluding carboxylic acids is 3. The number of carboxylic acid groups (broad SMARTS) is 1. The lowest BCUT2D eigenvalue weighted by atomic mass is 9.92. The highest BCUT2D eigenvalue weighted by Crippen LogP contribution is 2.33. The van der Waals surface area contributed by atoms with Crippen LogP contribution in [-0.2, 0) is 30.3 Å². The SMILES string of the molecule is CCC(C)N[C@@](Cc1ccc(OC(=O)CC(C)(C)C)c(OC(=O)CC(C)(C)C)c1)(OC(=O)OC(C)(C)CC)C(=O)O. The Balaban J connectivity index is 3.53. The number of carbonyl (C=O) groups is 4. The molecule has 2 N–H and O–H groups in total. The van der Waals surface area contributed by atoms with Crippen molar-refractivity contribution in [1.29, 1.82) is 0 Å². The maximum atomic E-state index is 12.8. The van der Waals surface area contributed by atoms with E-state index >= 15 is 0 Å². The largest absolute Gasteiger partial charge is 0.511 e. The molecule has 10 nitrogen and oxygen atoms in total. The Labute approximate surface area is 244 Å². The Hall–Kier alpha value is -3.14. The summed E-state index contributed by atoms with van der Waals surface area (Å²) < 4.78 is 22.0. The number of aliphatic carboxylic acids is 1. The molecule has 0 aliphatic heterocycles. The summed E-state index contributed by atoms with van der Waals surface area (Å²) in [5, 5.41) is 13.2. The number of carboxylic acids is 1. The van der Waals surface area contributed by atoms with Gasteiger partial charge in [0.15, 0.2) is 11.5 Å². The summed E-state index contributed by atoms with van der Waals surface area (Å²) >= 11 is 0. The minimum Gasteiger partial charge on any atom is -0.477 e. The van der Waals surface area contributed by atoms with Crippen molar-refractivity contribution in [2.45, 2.75) is 126 Å². The number of hydrogen-bond donors (Lipinski definition) is 2. The third-order valence-electron chi connectivity index (χ3n) is 6.16. The molecule has 1 rings (SSSR count). The fraction of sp³-hybridized carbons (Fsp3) is 0.677. The molecule has 10 heteroatoms. The molecule has 41 heavy (non-hydrogen) atoms. The van der Waals surface area contributed by atoms with Crippen molar-refractivity contribution < 1.29 is 43.2 Å². The Kier molecular flexibility index (Phi) is 12.4. The second-order valence-corrected chi connectivity index (χ2v) is 13.5. The lowest BCUT2D eigenvalue weighted by Crippen LogP contribution is -2.60. The predicted molar refractivity (Wildman–Crippen MR) is 155 cm³/mol. The smallest absolute Gasteiger partial charge is 0.477 e. The summed E-state index contributed by atoms with van der Waals surface area (Å²) in [6, 6.07) is 4.03. The van der Waals surface area contributed by atoms with Crippen LogP contribution in [0.1, 0.15) is 107 Å². The van der Waals surface area contributed by atoms with E-state index in [0.29, 0.717) is 18.4 Å². The van der Waals surface area contributed by atoms with E-state index < -0.39 is 35.4 Å². The van der Waals surface area contributed by atoms with E-state index in [1.807, 2.05) is 55.4 Å². The zero-order valence-corrected chi connectivity index (χ0v) is 26.6. The first kappa shape index (κ1) is 35.9. The number of hydrogen-bond acceptors (Lipinski definition) is 9. The molecule has 0 heterocycles. The molecule has 0 radical (unpaired) electrons. The van der Waals surface area contributed by atoms with E-state index in [4.69, 9.17) is 18.9 Å². The quantitative estimate of drug-likeness (QED) is 0.153. The lowest BCUT2D eigenvalue weighted by Gasteiger charge is -2.34. The molecule has 0 bridgehead atoms. The van der Waals surface area contributed by atoms with Gasteiger partial charge in [-0.05, 0) is 62.1 Å². The van der Waals surface area contributed by atoms with E-state index in [0.717, 1.165) is 0 Å². The highest BCUT2D eigenvalue weighted by atomic mass is 16.8. The third-order valence-corrected chi connectivity index (χ3v) is 6.16. The topological polar surface area (TPSA) is 137 Å². The standard InChI is InChI=1S/C31H49NO9/c1-12-20(3)32-31(26(35)36,41-27(37)40-30(10,11)13-2)17-21-14-15-22(38-24(33)18-28(4,5)6)23(16-21)39-25(34)19-29(7,8)9/h14-16,20,32H,12-13,17-19H2,1-11H3,(H,35,36)/t20?,31-/m0/s1. The van der Waals surface area contributed by atoms with Crippen molar-refractivity contribution in [2.24, 2.45) is 10.8 Å². The van der Waals surface area contributed by atoms with Gasteiger partial charge in [-0.2, -0.15) is 0 Å². The molecule has 1 unspecified atom stereocenters. The normalized spacial score (nSPS) is 14.4. The monoisotopic (exact) mass is 579 g/mol. The zero-order chi connectivity index (χ0) is 31.8. The summed E-state index contributed by atoms with van der Waals surface area (Å²) in [5.74, 6) is -2.52. The minimum atomic E-state index is -2.20. The molecule has 0 amide bonds. The van der Waals surface area contributed by atoms with Gasteiger partial charge in [0, 0.05) is 12.5 Å². The highest BCUT2D eigenvalue weighted by molar-refractivity contribution is 5.81. The van der Waals surface area contributed by atoms with Crippen molar-refractivity contribution in [3.63, 3.8) is 0 Å². The molecule has 1 aromatic carbocycles. The van der Waals surface area contributed by atoms with Crippen LogP contribution in [-0.4, -0.2) is 46.5 Å². The zero-order valence-electron chi connectivity index (χ0n) is 26.6. The highest BCUT2D eigenvalue weighted by Gasteiger charge is 2.45. The molecular weight excluding hydrogens is 530 g/mol. The number of esters is 2. The first-order chi connectivity index (χ1) is 18.6. The third kappa shape index (κ3) is 12.9. The van der Waals surface area contributed by atoms with Gasteiger partial charge in [-0.25, -0.2) is 9.59 Å². The van der Waals surface area contributed by atoms with Crippen LogP contribution in [0.4, 0.5) is 4.79 Å². The molecule has 232 valence electrons. The predicted octanol–water partition coefficient (Wildman–Crippen LogP) is 6.42. The maximum Gasteiger partial charge on any atom is 0.511 e. The van der Waals surface area contributed by atoms with Crippen LogP contribution in [0.15, 0.2) is 18.2 Å². The molecule has 2 atom stereocenters. The van der Waals surface area contributed by atoms with Gasteiger partial charge >= 0.3 is 24.1 Å². The summed E-state index contributed by atoms with van der Waals surface area (Å²) in [7, 11) is 0. The number of nitrogens with one attached hydrogen (secondary N) is 1. The van der Waals surface area contributed by atoms with Crippen LogP contribution < -0.4 is 14.8 Å².